The van der Waals surface area contributed by atoms with Crippen LogP contribution in [-0.4, -0.2) is 60.9 Å². The summed E-state index contributed by atoms with van der Waals surface area (Å²) in [6, 6.07) is 16.6. The molecule has 2 heterocycles. The Kier molecular flexibility index (Phi) is 6.77. The van der Waals surface area contributed by atoms with Crippen LogP contribution >= 0.6 is 11.8 Å². The zero-order valence-electron chi connectivity index (χ0n) is 15.5. The molecule has 3 rings (SSSR count). The largest absolute Gasteiger partial charge is 0.355 e. The van der Waals surface area contributed by atoms with Crippen molar-refractivity contribution in [3.63, 3.8) is 0 Å². The minimum Gasteiger partial charge on any atom is -0.355 e. The number of rotatable bonds is 5. The molecule has 1 aromatic heterocycles. The Hall–Kier alpha value is -2.21. The van der Waals surface area contributed by atoms with Gasteiger partial charge in [0.1, 0.15) is 5.82 Å². The van der Waals surface area contributed by atoms with Crippen LogP contribution in [-0.2, 0) is 0 Å². The van der Waals surface area contributed by atoms with Crippen LogP contribution in [0.1, 0.15) is 6.92 Å². The molecule has 1 unspecified atom stereocenters. The summed E-state index contributed by atoms with van der Waals surface area (Å²) in [5, 5.41) is 4.01. The average molecular weight is 370 g/mol. The zero-order valence-corrected chi connectivity index (χ0v) is 16.3. The Morgan fingerprint density at radius 3 is 2.50 bits per heavy atom. The highest BCUT2D eigenvalue weighted by Gasteiger charge is 2.20. The lowest BCUT2D eigenvalue weighted by molar-refractivity contribution is 0.372. The van der Waals surface area contributed by atoms with Gasteiger partial charge < -0.3 is 15.1 Å². The quantitative estimate of drug-likeness (QED) is 0.499. The van der Waals surface area contributed by atoms with E-state index in [1.165, 1.54) is 4.90 Å². The third-order valence-electron chi connectivity index (χ3n) is 4.39. The van der Waals surface area contributed by atoms with Crippen molar-refractivity contribution >= 4 is 23.5 Å². The Balaban J connectivity index is 1.46. The van der Waals surface area contributed by atoms with Gasteiger partial charge in [0.2, 0.25) is 0 Å². The number of hydrogen-bond donors (Lipinski definition) is 1. The van der Waals surface area contributed by atoms with Crippen molar-refractivity contribution in [2.45, 2.75) is 17.1 Å². The molecular weight excluding hydrogens is 342 g/mol. The summed E-state index contributed by atoms with van der Waals surface area (Å²) in [7, 11) is 1.86. The molecule has 26 heavy (non-hydrogen) atoms. The number of thioether (sulfide) groups is 1. The molecule has 0 saturated carbocycles. The van der Waals surface area contributed by atoms with Crippen LogP contribution < -0.4 is 10.2 Å². The predicted molar refractivity (Wildman–Crippen MR) is 111 cm³/mol. The molecule has 0 spiro atoms. The van der Waals surface area contributed by atoms with E-state index in [1.54, 1.807) is 0 Å². The number of aliphatic imine (C=N–C) groups is 1. The highest BCUT2D eigenvalue weighted by Crippen LogP contribution is 2.22. The van der Waals surface area contributed by atoms with Crippen molar-refractivity contribution in [2.24, 2.45) is 4.99 Å². The number of benzene rings is 1. The lowest BCUT2D eigenvalue weighted by Gasteiger charge is -2.37. The summed E-state index contributed by atoms with van der Waals surface area (Å²) in [6.45, 7) is 6.98. The third-order valence-corrected chi connectivity index (χ3v) is 5.51. The molecule has 0 bridgehead atoms. The molecule has 1 N–H and O–H groups in total. The van der Waals surface area contributed by atoms with Crippen LogP contribution in [0.4, 0.5) is 5.82 Å². The van der Waals surface area contributed by atoms with E-state index in [-0.39, 0.29) is 0 Å². The van der Waals surface area contributed by atoms with Gasteiger partial charge in [-0.05, 0) is 24.3 Å². The monoisotopic (exact) mass is 369 g/mol. The number of anilines is 1. The molecule has 5 nitrogen and oxygen atoms in total. The normalized spacial score (nSPS) is 16.5. The first-order valence-corrected chi connectivity index (χ1v) is 9.97. The molecule has 0 amide bonds. The van der Waals surface area contributed by atoms with Crippen LogP contribution in [0.15, 0.2) is 64.6 Å². The van der Waals surface area contributed by atoms with Crippen molar-refractivity contribution in [2.75, 3.05) is 44.7 Å². The third kappa shape index (κ3) is 5.14. The molecule has 1 saturated heterocycles. The summed E-state index contributed by atoms with van der Waals surface area (Å²) >= 11 is 1.89. The maximum atomic E-state index is 4.48. The van der Waals surface area contributed by atoms with Crippen molar-refractivity contribution in [1.29, 1.82) is 0 Å². The standard InChI is InChI=1S/C20H27N5S/c1-17(26-18-8-4-3-5-9-18)16-23-20(21-2)25-14-12-24(13-15-25)19-10-6-7-11-22-19/h3-11,17H,12-16H2,1-2H3,(H,21,23). The van der Waals surface area contributed by atoms with Gasteiger partial charge in [0.05, 0.1) is 0 Å². The Bertz CT molecular complexity index is 684. The number of pyridine rings is 1. The number of hydrogen-bond acceptors (Lipinski definition) is 4. The van der Waals surface area contributed by atoms with Gasteiger partial charge in [0, 0.05) is 56.1 Å². The number of aromatic nitrogens is 1. The lowest BCUT2D eigenvalue weighted by atomic mass is 10.3. The second-order valence-corrected chi connectivity index (χ2v) is 7.84. The first kappa shape index (κ1) is 18.6. The van der Waals surface area contributed by atoms with Gasteiger partial charge in [-0.3, -0.25) is 4.99 Å². The molecule has 1 aliphatic heterocycles. The van der Waals surface area contributed by atoms with Crippen molar-refractivity contribution in [3.05, 3.63) is 54.7 Å². The fourth-order valence-corrected chi connectivity index (χ4v) is 3.97. The highest BCUT2D eigenvalue weighted by molar-refractivity contribution is 8.00. The van der Waals surface area contributed by atoms with Gasteiger partial charge >= 0.3 is 0 Å². The fraction of sp³-hybridized carbons (Fsp3) is 0.400. The molecule has 6 heteroatoms. The molecule has 138 valence electrons. The van der Waals surface area contributed by atoms with Crippen LogP contribution in [0.5, 0.6) is 0 Å². The highest BCUT2D eigenvalue weighted by atomic mass is 32.2. The van der Waals surface area contributed by atoms with Gasteiger partial charge in [0.25, 0.3) is 0 Å². The Morgan fingerprint density at radius 2 is 1.85 bits per heavy atom. The van der Waals surface area contributed by atoms with Crippen molar-refractivity contribution < 1.29 is 0 Å². The minimum atomic E-state index is 0.476. The van der Waals surface area contributed by atoms with Crippen molar-refractivity contribution in [1.82, 2.24) is 15.2 Å². The summed E-state index contributed by atoms with van der Waals surface area (Å²) in [4.78, 5) is 14.9. The van der Waals surface area contributed by atoms with E-state index in [0.29, 0.717) is 5.25 Å². The molecule has 1 aliphatic rings. The SMILES string of the molecule is CN=C(NCC(C)Sc1ccccc1)N1CCN(c2ccccn2)CC1. The van der Waals surface area contributed by atoms with Crippen LogP contribution in [0, 0.1) is 0 Å². The maximum Gasteiger partial charge on any atom is 0.193 e. The Labute approximate surface area is 160 Å². The molecule has 0 radical (unpaired) electrons. The predicted octanol–water partition coefficient (Wildman–Crippen LogP) is 2.96. The molecule has 1 aromatic carbocycles. The second kappa shape index (κ2) is 9.48. The Morgan fingerprint density at radius 1 is 1.12 bits per heavy atom. The van der Waals surface area contributed by atoms with Crippen LogP contribution in [0.3, 0.4) is 0 Å². The molecular formula is C20H27N5S. The topological polar surface area (TPSA) is 43.8 Å². The number of piperazine rings is 1. The van der Waals surface area contributed by atoms with Crippen molar-refractivity contribution in [3.8, 4) is 0 Å². The lowest BCUT2D eigenvalue weighted by Crippen LogP contribution is -2.53. The minimum absolute atomic E-state index is 0.476. The van der Waals surface area contributed by atoms with E-state index in [2.05, 4.69) is 68.4 Å². The first-order valence-electron chi connectivity index (χ1n) is 9.09. The van der Waals surface area contributed by atoms with Crippen LogP contribution in [0.2, 0.25) is 0 Å². The summed E-state index contributed by atoms with van der Waals surface area (Å²) in [6.07, 6.45) is 1.86. The van der Waals surface area contributed by atoms with Gasteiger partial charge in [0.15, 0.2) is 5.96 Å². The van der Waals surface area contributed by atoms with Gasteiger partial charge in [-0.25, -0.2) is 4.98 Å². The molecule has 1 fully saturated rings. The van der Waals surface area contributed by atoms with E-state index in [0.717, 1.165) is 44.5 Å². The fourth-order valence-electron chi connectivity index (χ4n) is 3.03. The van der Waals surface area contributed by atoms with E-state index in [9.17, 15) is 0 Å². The smallest absolute Gasteiger partial charge is 0.193 e. The number of guanidine groups is 1. The maximum absolute atomic E-state index is 4.48. The first-order chi connectivity index (χ1) is 12.8. The van der Waals surface area contributed by atoms with E-state index in [1.807, 2.05) is 37.1 Å². The zero-order chi connectivity index (χ0) is 18.2. The summed E-state index contributed by atoms with van der Waals surface area (Å²) < 4.78 is 0. The molecule has 2 aromatic rings. The van der Waals surface area contributed by atoms with E-state index in [4.69, 9.17) is 0 Å². The second-order valence-electron chi connectivity index (χ2n) is 6.33. The van der Waals surface area contributed by atoms with Gasteiger partial charge in [-0.2, -0.15) is 0 Å². The summed E-state index contributed by atoms with van der Waals surface area (Å²) in [5.41, 5.74) is 0. The number of nitrogens with one attached hydrogen (secondary N) is 1. The van der Waals surface area contributed by atoms with E-state index >= 15 is 0 Å². The van der Waals surface area contributed by atoms with E-state index < -0.39 is 0 Å². The summed E-state index contributed by atoms with van der Waals surface area (Å²) in [5.74, 6) is 2.05. The average Bonchev–Trinajstić information content (AvgIpc) is 2.70. The van der Waals surface area contributed by atoms with Crippen LogP contribution in [0.25, 0.3) is 0 Å². The molecule has 1 atom stereocenters. The number of nitrogens with zero attached hydrogens (tertiary/aromatic N) is 4. The van der Waals surface area contributed by atoms with Gasteiger partial charge in [-0.1, -0.05) is 31.2 Å². The molecule has 0 aliphatic carbocycles. The van der Waals surface area contributed by atoms with Gasteiger partial charge in [-0.15, -0.1) is 11.8 Å².